The van der Waals surface area contributed by atoms with Gasteiger partial charge in [0.2, 0.25) is 0 Å². The van der Waals surface area contributed by atoms with Gasteiger partial charge in [0.1, 0.15) is 6.10 Å². The van der Waals surface area contributed by atoms with Crippen molar-refractivity contribution in [2.45, 2.75) is 12.5 Å². The third kappa shape index (κ3) is 4.06. The van der Waals surface area contributed by atoms with E-state index in [1.807, 2.05) is 0 Å². The summed E-state index contributed by atoms with van der Waals surface area (Å²) in [6, 6.07) is 4.52. The van der Waals surface area contributed by atoms with Crippen molar-refractivity contribution in [3.63, 3.8) is 0 Å². The van der Waals surface area contributed by atoms with Crippen molar-refractivity contribution in [1.29, 1.82) is 0 Å². The number of aliphatic hydroxyl groups is 1. The van der Waals surface area contributed by atoms with Crippen LogP contribution in [0.25, 0.3) is 0 Å². The van der Waals surface area contributed by atoms with Gasteiger partial charge in [-0.15, -0.1) is 0 Å². The van der Waals surface area contributed by atoms with Gasteiger partial charge >= 0.3 is 0 Å². The Balaban J connectivity index is 2.83. The smallest absolute Gasteiger partial charge is 0.265 e. The summed E-state index contributed by atoms with van der Waals surface area (Å²) >= 11 is 0. The Hall–Kier alpha value is -1.89. The van der Waals surface area contributed by atoms with Crippen LogP contribution in [0.4, 0.5) is 20.2 Å². The Morgan fingerprint density at radius 3 is 2.63 bits per heavy atom. The molecule has 0 saturated heterocycles. The summed E-state index contributed by atoms with van der Waals surface area (Å²) in [4.78, 5) is 13.1. The van der Waals surface area contributed by atoms with Crippen molar-refractivity contribution in [3.8, 4) is 0 Å². The molecule has 106 valence electrons. The number of halogens is 2. The first-order valence-corrected chi connectivity index (χ1v) is 5.64. The van der Waals surface area contributed by atoms with Gasteiger partial charge < -0.3 is 21.1 Å². The fourth-order valence-corrected chi connectivity index (χ4v) is 1.40. The number of nitrogens with one attached hydrogen (secondary N) is 1. The highest BCUT2D eigenvalue weighted by molar-refractivity contribution is 5.95. The van der Waals surface area contributed by atoms with Gasteiger partial charge in [0.05, 0.1) is 11.4 Å². The molecule has 0 bridgehead atoms. The first-order valence-electron chi connectivity index (χ1n) is 5.64. The van der Waals surface area contributed by atoms with Gasteiger partial charge in [-0.1, -0.05) is 0 Å². The van der Waals surface area contributed by atoms with E-state index < -0.39 is 12.5 Å². The summed E-state index contributed by atoms with van der Waals surface area (Å²) in [5.41, 5.74) is 6.71. The Bertz CT molecular complexity index is 453. The van der Waals surface area contributed by atoms with Gasteiger partial charge in [0.15, 0.2) is 0 Å². The van der Waals surface area contributed by atoms with E-state index in [9.17, 15) is 13.6 Å². The van der Waals surface area contributed by atoms with Gasteiger partial charge in [-0.2, -0.15) is 0 Å². The van der Waals surface area contributed by atoms with E-state index in [1.165, 1.54) is 17.0 Å². The van der Waals surface area contributed by atoms with Gasteiger partial charge in [0, 0.05) is 26.2 Å². The van der Waals surface area contributed by atoms with Crippen molar-refractivity contribution in [2.75, 3.05) is 31.7 Å². The van der Waals surface area contributed by atoms with Crippen LogP contribution in [0.5, 0.6) is 0 Å². The lowest BCUT2D eigenvalue weighted by molar-refractivity contribution is 0.00385. The molecule has 1 aromatic carbocycles. The molecule has 0 heterocycles. The van der Waals surface area contributed by atoms with E-state index in [2.05, 4.69) is 5.32 Å². The fourth-order valence-electron chi connectivity index (χ4n) is 1.40. The number of carbonyl (C=O) groups excluding carboxylic acids is 1. The molecule has 0 aliphatic carbocycles. The van der Waals surface area contributed by atoms with E-state index in [0.717, 1.165) is 0 Å². The molecule has 0 radical (unpaired) electrons. The number of nitrogens with zero attached hydrogens (tertiary/aromatic N) is 1. The Labute approximate surface area is 110 Å². The molecule has 1 unspecified atom stereocenters. The molecule has 7 heteroatoms. The predicted molar refractivity (Wildman–Crippen MR) is 69.4 cm³/mol. The second-order valence-corrected chi connectivity index (χ2v) is 4.28. The van der Waals surface area contributed by atoms with Crippen LogP contribution in [-0.2, 0) is 0 Å². The van der Waals surface area contributed by atoms with Crippen LogP contribution >= 0.6 is 0 Å². The molecule has 19 heavy (non-hydrogen) atoms. The molecule has 0 fully saturated rings. The number of alkyl halides is 2. The number of hydrogen-bond acceptors (Lipinski definition) is 4. The Morgan fingerprint density at radius 1 is 1.47 bits per heavy atom. The molecule has 0 aliphatic rings. The summed E-state index contributed by atoms with van der Waals surface area (Å²) < 4.78 is 24.3. The summed E-state index contributed by atoms with van der Waals surface area (Å²) in [5.74, 6) is -0.225. The summed E-state index contributed by atoms with van der Waals surface area (Å²) in [6.45, 7) is -0.346. The average molecular weight is 273 g/mol. The summed E-state index contributed by atoms with van der Waals surface area (Å²) in [5, 5.41) is 11.6. The van der Waals surface area contributed by atoms with Gasteiger partial charge in [-0.25, -0.2) is 8.78 Å². The van der Waals surface area contributed by atoms with E-state index in [-0.39, 0.29) is 12.5 Å². The summed E-state index contributed by atoms with van der Waals surface area (Å²) in [6.07, 6.45) is -4.62. The van der Waals surface area contributed by atoms with E-state index in [4.69, 9.17) is 10.8 Å². The third-order valence-corrected chi connectivity index (χ3v) is 2.50. The first-order chi connectivity index (χ1) is 8.82. The lowest BCUT2D eigenvalue weighted by Crippen LogP contribution is -2.27. The van der Waals surface area contributed by atoms with Crippen LogP contribution in [0.15, 0.2) is 18.2 Å². The van der Waals surface area contributed by atoms with Crippen molar-refractivity contribution >= 4 is 17.3 Å². The molecule has 1 aromatic rings. The molecular formula is C12H17F2N3O2. The minimum atomic E-state index is -2.83. The highest BCUT2D eigenvalue weighted by atomic mass is 19.3. The van der Waals surface area contributed by atoms with Crippen molar-refractivity contribution in [2.24, 2.45) is 0 Å². The van der Waals surface area contributed by atoms with Crippen LogP contribution in [0.2, 0.25) is 0 Å². The second-order valence-electron chi connectivity index (χ2n) is 4.28. The van der Waals surface area contributed by atoms with E-state index in [1.54, 1.807) is 20.2 Å². The number of hydrogen-bond donors (Lipinski definition) is 3. The maximum Gasteiger partial charge on any atom is 0.265 e. The number of carbonyl (C=O) groups is 1. The van der Waals surface area contributed by atoms with Gasteiger partial charge in [-0.05, 0) is 18.2 Å². The number of amides is 1. The number of nitrogens with two attached hydrogens (primary N) is 1. The standard InChI is InChI=1S/C12H17F2N3O2/c1-17(2)12(19)7-3-4-8(15)9(5-7)16-6-10(18)11(13)14/h3-5,10-11,16,18H,6,15H2,1-2H3. The molecule has 1 rings (SSSR count). The topological polar surface area (TPSA) is 78.6 Å². The Morgan fingerprint density at radius 2 is 2.11 bits per heavy atom. The molecule has 1 amide bonds. The monoisotopic (exact) mass is 273 g/mol. The second kappa shape index (κ2) is 6.33. The Kier molecular flexibility index (Phi) is 5.05. The van der Waals surface area contributed by atoms with Crippen molar-refractivity contribution in [1.82, 2.24) is 4.90 Å². The lowest BCUT2D eigenvalue weighted by Gasteiger charge is -2.15. The average Bonchev–Trinajstić information content (AvgIpc) is 2.36. The van der Waals surface area contributed by atoms with Crippen LogP contribution < -0.4 is 11.1 Å². The molecule has 5 nitrogen and oxygen atoms in total. The van der Waals surface area contributed by atoms with E-state index in [0.29, 0.717) is 16.9 Å². The number of benzene rings is 1. The minimum absolute atomic E-state index is 0.225. The highest BCUT2D eigenvalue weighted by Gasteiger charge is 2.17. The van der Waals surface area contributed by atoms with E-state index >= 15 is 0 Å². The lowest BCUT2D eigenvalue weighted by atomic mass is 10.1. The van der Waals surface area contributed by atoms with Crippen LogP contribution in [0.1, 0.15) is 10.4 Å². The van der Waals surface area contributed by atoms with Crippen molar-refractivity contribution in [3.05, 3.63) is 23.8 Å². The largest absolute Gasteiger partial charge is 0.397 e. The molecule has 4 N–H and O–H groups in total. The van der Waals surface area contributed by atoms with Gasteiger partial charge in [0.25, 0.3) is 12.3 Å². The zero-order valence-electron chi connectivity index (χ0n) is 10.7. The summed E-state index contributed by atoms with van der Waals surface area (Å²) in [7, 11) is 3.21. The van der Waals surface area contributed by atoms with Crippen LogP contribution in [-0.4, -0.2) is 49.1 Å². The number of nitrogen functional groups attached to an aromatic ring is 1. The highest BCUT2D eigenvalue weighted by Crippen LogP contribution is 2.21. The number of aliphatic hydroxyl groups excluding tert-OH is 1. The normalized spacial score (nSPS) is 12.3. The maximum absolute atomic E-state index is 12.2. The zero-order chi connectivity index (χ0) is 14.6. The number of rotatable bonds is 5. The third-order valence-electron chi connectivity index (χ3n) is 2.50. The fraction of sp³-hybridized carbons (Fsp3) is 0.417. The predicted octanol–water partition coefficient (Wildman–Crippen LogP) is 1.01. The molecule has 0 aliphatic heterocycles. The van der Waals surface area contributed by atoms with Crippen molar-refractivity contribution < 1.29 is 18.7 Å². The van der Waals surface area contributed by atoms with Crippen LogP contribution in [0.3, 0.4) is 0 Å². The van der Waals surface area contributed by atoms with Gasteiger partial charge in [-0.3, -0.25) is 4.79 Å². The quantitative estimate of drug-likeness (QED) is 0.700. The number of anilines is 2. The SMILES string of the molecule is CN(C)C(=O)c1ccc(N)c(NCC(O)C(F)F)c1. The first kappa shape index (κ1) is 15.2. The maximum atomic E-state index is 12.2. The molecule has 1 atom stereocenters. The zero-order valence-corrected chi connectivity index (χ0v) is 10.7. The molecular weight excluding hydrogens is 256 g/mol. The molecule has 0 spiro atoms. The van der Waals surface area contributed by atoms with Crippen LogP contribution in [0, 0.1) is 0 Å². The molecule has 0 aromatic heterocycles. The minimum Gasteiger partial charge on any atom is -0.397 e. The molecule has 0 saturated carbocycles.